The van der Waals surface area contributed by atoms with Gasteiger partial charge in [0.25, 0.3) is 0 Å². The zero-order chi connectivity index (χ0) is 14.1. The van der Waals surface area contributed by atoms with Crippen LogP contribution in [0.3, 0.4) is 0 Å². The molecule has 0 saturated carbocycles. The van der Waals surface area contributed by atoms with Crippen molar-refractivity contribution in [1.29, 1.82) is 0 Å². The standard InChI is InChI=1S/C15H11BrClN3/c1-9-5-4-8-12(13(9)16)18-15-11-7-3-2-6-10(11)14(17)19-20-15/h2-8H,1H3,(H,18,20). The average molecular weight is 349 g/mol. The molecule has 3 rings (SSSR count). The average Bonchev–Trinajstić information content (AvgIpc) is 2.47. The number of fused-ring (bicyclic) bond motifs is 1. The van der Waals surface area contributed by atoms with E-state index in [-0.39, 0.29) is 0 Å². The summed E-state index contributed by atoms with van der Waals surface area (Å²) in [5.74, 6) is 0.691. The maximum absolute atomic E-state index is 6.08. The smallest absolute Gasteiger partial charge is 0.161 e. The predicted octanol–water partition coefficient (Wildman–Crippen LogP) is 5.10. The Labute approximate surface area is 130 Å². The Hall–Kier alpha value is -1.65. The molecule has 3 nitrogen and oxygen atoms in total. The number of anilines is 2. The van der Waals surface area contributed by atoms with Crippen LogP contribution in [0.5, 0.6) is 0 Å². The van der Waals surface area contributed by atoms with Crippen LogP contribution in [0.2, 0.25) is 5.15 Å². The van der Waals surface area contributed by atoms with E-state index in [1.165, 1.54) is 0 Å². The molecule has 0 spiro atoms. The lowest BCUT2D eigenvalue weighted by Crippen LogP contribution is -1.98. The van der Waals surface area contributed by atoms with E-state index in [9.17, 15) is 0 Å². The SMILES string of the molecule is Cc1cccc(Nc2nnc(Cl)c3ccccc23)c1Br. The third-order valence-corrected chi connectivity index (χ3v) is 4.42. The molecule has 0 unspecified atom stereocenters. The van der Waals surface area contributed by atoms with E-state index < -0.39 is 0 Å². The lowest BCUT2D eigenvalue weighted by molar-refractivity contribution is 1.05. The fourth-order valence-corrected chi connectivity index (χ4v) is 2.60. The van der Waals surface area contributed by atoms with Gasteiger partial charge in [-0.15, -0.1) is 10.2 Å². The fraction of sp³-hybridized carbons (Fsp3) is 0.0667. The minimum Gasteiger partial charge on any atom is -0.337 e. The summed E-state index contributed by atoms with van der Waals surface area (Å²) >= 11 is 9.66. The van der Waals surface area contributed by atoms with Crippen LogP contribution < -0.4 is 5.32 Å². The zero-order valence-corrected chi connectivity index (χ0v) is 13.0. The van der Waals surface area contributed by atoms with Crippen molar-refractivity contribution in [2.24, 2.45) is 0 Å². The van der Waals surface area contributed by atoms with Crippen LogP contribution in [0.15, 0.2) is 46.9 Å². The Morgan fingerprint density at radius 3 is 2.55 bits per heavy atom. The molecule has 0 fully saturated rings. The van der Waals surface area contributed by atoms with Gasteiger partial charge in [0.15, 0.2) is 11.0 Å². The van der Waals surface area contributed by atoms with Crippen molar-refractivity contribution < 1.29 is 0 Å². The lowest BCUT2D eigenvalue weighted by atomic mass is 10.2. The van der Waals surface area contributed by atoms with Gasteiger partial charge in [-0.2, -0.15) is 0 Å². The molecule has 0 atom stereocenters. The molecule has 0 amide bonds. The second-order valence-corrected chi connectivity index (χ2v) is 5.60. The molecule has 0 bridgehead atoms. The molecule has 5 heteroatoms. The topological polar surface area (TPSA) is 37.8 Å². The number of hydrogen-bond acceptors (Lipinski definition) is 3. The van der Waals surface area contributed by atoms with Gasteiger partial charge >= 0.3 is 0 Å². The molecule has 1 heterocycles. The zero-order valence-electron chi connectivity index (χ0n) is 10.7. The lowest BCUT2D eigenvalue weighted by Gasteiger charge is -2.11. The number of aromatic nitrogens is 2. The highest BCUT2D eigenvalue weighted by molar-refractivity contribution is 9.10. The molecule has 1 N–H and O–H groups in total. The van der Waals surface area contributed by atoms with Gasteiger partial charge < -0.3 is 5.32 Å². The summed E-state index contributed by atoms with van der Waals surface area (Å²) in [7, 11) is 0. The van der Waals surface area contributed by atoms with Crippen LogP contribution in [-0.2, 0) is 0 Å². The van der Waals surface area contributed by atoms with Gasteiger partial charge in [-0.1, -0.05) is 48.0 Å². The first kappa shape index (κ1) is 13.3. The number of aryl methyl sites for hydroxylation is 1. The summed E-state index contributed by atoms with van der Waals surface area (Å²) < 4.78 is 1.01. The van der Waals surface area contributed by atoms with E-state index in [1.807, 2.05) is 49.4 Å². The second-order valence-electron chi connectivity index (χ2n) is 4.45. The molecular weight excluding hydrogens is 338 g/mol. The first-order valence-electron chi connectivity index (χ1n) is 6.10. The van der Waals surface area contributed by atoms with E-state index in [0.29, 0.717) is 11.0 Å². The van der Waals surface area contributed by atoms with Gasteiger partial charge in [-0.25, -0.2) is 0 Å². The van der Waals surface area contributed by atoms with Crippen LogP contribution in [0, 0.1) is 6.92 Å². The summed E-state index contributed by atoms with van der Waals surface area (Å²) in [5, 5.41) is 13.7. The predicted molar refractivity (Wildman–Crippen MR) is 86.7 cm³/mol. The van der Waals surface area contributed by atoms with Crippen molar-refractivity contribution in [3.05, 3.63) is 57.7 Å². The Bertz CT molecular complexity index is 789. The first-order chi connectivity index (χ1) is 9.66. The third kappa shape index (κ3) is 2.37. The number of halogens is 2. The maximum Gasteiger partial charge on any atom is 0.161 e. The largest absolute Gasteiger partial charge is 0.337 e. The van der Waals surface area contributed by atoms with E-state index >= 15 is 0 Å². The Morgan fingerprint density at radius 2 is 1.75 bits per heavy atom. The molecule has 2 aromatic carbocycles. The second kappa shape index (κ2) is 5.38. The number of rotatable bonds is 2. The van der Waals surface area contributed by atoms with Gasteiger partial charge in [0.1, 0.15) is 0 Å². The summed E-state index contributed by atoms with van der Waals surface area (Å²) in [4.78, 5) is 0. The third-order valence-electron chi connectivity index (χ3n) is 3.09. The summed E-state index contributed by atoms with van der Waals surface area (Å²) in [6, 6.07) is 13.8. The highest BCUT2D eigenvalue weighted by atomic mass is 79.9. The molecule has 20 heavy (non-hydrogen) atoms. The number of nitrogens with zero attached hydrogens (tertiary/aromatic N) is 2. The molecule has 3 aromatic rings. The molecule has 0 aliphatic carbocycles. The first-order valence-corrected chi connectivity index (χ1v) is 7.27. The molecule has 100 valence electrons. The Morgan fingerprint density at radius 1 is 1.00 bits per heavy atom. The minimum atomic E-state index is 0.412. The van der Waals surface area contributed by atoms with E-state index in [0.717, 1.165) is 26.5 Å². The fourth-order valence-electron chi connectivity index (χ4n) is 2.03. The van der Waals surface area contributed by atoms with Gasteiger partial charge in [0, 0.05) is 15.2 Å². The normalized spacial score (nSPS) is 10.8. The molecule has 0 aliphatic heterocycles. The molecule has 0 radical (unpaired) electrons. The van der Waals surface area contributed by atoms with Gasteiger partial charge in [0.05, 0.1) is 5.69 Å². The summed E-state index contributed by atoms with van der Waals surface area (Å²) in [6.07, 6.45) is 0. The monoisotopic (exact) mass is 347 g/mol. The summed E-state index contributed by atoms with van der Waals surface area (Å²) in [5.41, 5.74) is 2.10. The van der Waals surface area contributed by atoms with Gasteiger partial charge in [0.2, 0.25) is 0 Å². The molecule has 0 saturated heterocycles. The number of hydrogen-bond donors (Lipinski definition) is 1. The van der Waals surface area contributed by atoms with Crippen LogP contribution in [0.1, 0.15) is 5.56 Å². The van der Waals surface area contributed by atoms with Crippen LogP contribution in [0.4, 0.5) is 11.5 Å². The van der Waals surface area contributed by atoms with Crippen molar-refractivity contribution in [1.82, 2.24) is 10.2 Å². The molecule has 1 aromatic heterocycles. The van der Waals surface area contributed by atoms with Crippen LogP contribution >= 0.6 is 27.5 Å². The quantitative estimate of drug-likeness (QED) is 0.700. The Balaban J connectivity index is 2.12. The molecule has 0 aliphatic rings. The number of nitrogens with one attached hydrogen (secondary N) is 1. The maximum atomic E-state index is 6.08. The Kier molecular flexibility index (Phi) is 3.59. The van der Waals surface area contributed by atoms with Gasteiger partial charge in [-0.3, -0.25) is 0 Å². The summed E-state index contributed by atoms with van der Waals surface area (Å²) in [6.45, 7) is 2.04. The van der Waals surface area contributed by atoms with Crippen molar-refractivity contribution in [3.8, 4) is 0 Å². The number of benzene rings is 2. The van der Waals surface area contributed by atoms with Crippen molar-refractivity contribution >= 4 is 49.8 Å². The molecular formula is C15H11BrClN3. The highest BCUT2D eigenvalue weighted by Crippen LogP contribution is 2.31. The van der Waals surface area contributed by atoms with Crippen molar-refractivity contribution in [3.63, 3.8) is 0 Å². The van der Waals surface area contributed by atoms with E-state index in [2.05, 4.69) is 31.4 Å². The van der Waals surface area contributed by atoms with E-state index in [4.69, 9.17) is 11.6 Å². The van der Waals surface area contributed by atoms with Crippen LogP contribution in [-0.4, -0.2) is 10.2 Å². The van der Waals surface area contributed by atoms with Crippen molar-refractivity contribution in [2.45, 2.75) is 6.92 Å². The van der Waals surface area contributed by atoms with E-state index in [1.54, 1.807) is 0 Å². The minimum absolute atomic E-state index is 0.412. The highest BCUT2D eigenvalue weighted by Gasteiger charge is 2.09. The van der Waals surface area contributed by atoms with Crippen molar-refractivity contribution in [2.75, 3.05) is 5.32 Å². The van der Waals surface area contributed by atoms with Gasteiger partial charge in [-0.05, 0) is 34.5 Å². The van der Waals surface area contributed by atoms with Crippen LogP contribution in [0.25, 0.3) is 10.8 Å².